The van der Waals surface area contributed by atoms with Crippen molar-refractivity contribution in [2.75, 3.05) is 0 Å². The van der Waals surface area contributed by atoms with Crippen LogP contribution < -0.4 is 11.1 Å². The number of carbonyl (C=O) groups excluding carboxylic acids is 1. The molecule has 2 unspecified atom stereocenters. The minimum Gasteiger partial charge on any atom is -0.393 e. The monoisotopic (exact) mass is 242 g/mol. The summed E-state index contributed by atoms with van der Waals surface area (Å²) in [4.78, 5) is 12.1. The van der Waals surface area contributed by atoms with Gasteiger partial charge in [0.2, 0.25) is 5.91 Å². The van der Waals surface area contributed by atoms with Crippen molar-refractivity contribution in [3.8, 4) is 0 Å². The van der Waals surface area contributed by atoms with Crippen LogP contribution in [-0.4, -0.2) is 16.9 Å². The molecular weight excluding hydrogens is 220 g/mol. The quantitative estimate of drug-likeness (QED) is 0.744. The highest BCUT2D eigenvalue weighted by Gasteiger charge is 2.29. The topological polar surface area (TPSA) is 55.1 Å². The first kappa shape index (κ1) is 13.4. The highest BCUT2D eigenvalue weighted by molar-refractivity contribution is 7.80. The van der Waals surface area contributed by atoms with Gasteiger partial charge in [-0.2, -0.15) is 0 Å². The number of thiocarbonyl (C=S) groups is 1. The summed E-state index contributed by atoms with van der Waals surface area (Å²) in [5.41, 5.74) is 5.80. The van der Waals surface area contributed by atoms with Gasteiger partial charge < -0.3 is 11.1 Å². The van der Waals surface area contributed by atoms with Crippen LogP contribution >= 0.6 is 12.2 Å². The van der Waals surface area contributed by atoms with Crippen molar-refractivity contribution in [1.82, 2.24) is 5.32 Å². The normalized spacial score (nSPS) is 25.8. The third-order valence-electron chi connectivity index (χ3n) is 3.37. The molecule has 3 N–H and O–H groups in total. The molecule has 0 bridgehead atoms. The summed E-state index contributed by atoms with van der Waals surface area (Å²) < 4.78 is 0. The number of amides is 1. The molecule has 1 rings (SSSR count). The van der Waals surface area contributed by atoms with Crippen molar-refractivity contribution in [2.45, 2.75) is 52.5 Å². The first-order valence-electron chi connectivity index (χ1n) is 5.91. The molecule has 0 radical (unpaired) electrons. The standard InChI is InChI=1S/C12H22N2OS/c1-8(10(13)16)11(15)14-9-5-4-6-12(2,3)7-9/h8-9H,4-7H2,1-3H3,(H2,13,16)(H,14,15). The fourth-order valence-electron chi connectivity index (χ4n) is 2.28. The number of rotatable bonds is 3. The Balaban J connectivity index is 2.48. The van der Waals surface area contributed by atoms with Crippen molar-refractivity contribution in [1.29, 1.82) is 0 Å². The van der Waals surface area contributed by atoms with Gasteiger partial charge >= 0.3 is 0 Å². The molecule has 0 aromatic heterocycles. The summed E-state index contributed by atoms with van der Waals surface area (Å²) in [5, 5.41) is 3.05. The molecule has 92 valence electrons. The SMILES string of the molecule is CC(C(=O)NC1CCCC(C)(C)C1)C(N)=S. The first-order chi connectivity index (χ1) is 7.32. The van der Waals surface area contributed by atoms with Gasteiger partial charge in [0.05, 0.1) is 10.9 Å². The van der Waals surface area contributed by atoms with Crippen LogP contribution in [0.25, 0.3) is 0 Å². The lowest BCUT2D eigenvalue weighted by molar-refractivity contribution is -0.123. The predicted molar refractivity (Wildman–Crippen MR) is 70.1 cm³/mol. The fourth-order valence-corrected chi connectivity index (χ4v) is 2.38. The molecule has 4 heteroatoms. The molecule has 0 heterocycles. The van der Waals surface area contributed by atoms with Gasteiger partial charge in [0.15, 0.2) is 0 Å². The second-order valence-corrected chi connectivity index (χ2v) is 6.06. The van der Waals surface area contributed by atoms with Crippen LogP contribution in [0.3, 0.4) is 0 Å². The molecule has 0 aromatic carbocycles. The van der Waals surface area contributed by atoms with E-state index in [-0.39, 0.29) is 22.9 Å². The molecule has 1 saturated carbocycles. The molecule has 0 aliphatic heterocycles. The number of nitrogens with one attached hydrogen (secondary N) is 1. The summed E-state index contributed by atoms with van der Waals surface area (Å²) in [7, 11) is 0. The molecule has 1 fully saturated rings. The van der Waals surface area contributed by atoms with Gasteiger partial charge in [0.25, 0.3) is 0 Å². The van der Waals surface area contributed by atoms with Gasteiger partial charge in [-0.05, 0) is 31.6 Å². The van der Waals surface area contributed by atoms with Gasteiger partial charge in [-0.25, -0.2) is 0 Å². The summed E-state index contributed by atoms with van der Waals surface area (Å²) in [6.45, 7) is 6.26. The van der Waals surface area contributed by atoms with E-state index in [0.29, 0.717) is 5.41 Å². The second-order valence-electron chi connectivity index (χ2n) is 5.59. The van der Waals surface area contributed by atoms with Crippen LogP contribution in [0, 0.1) is 11.3 Å². The first-order valence-corrected chi connectivity index (χ1v) is 6.32. The van der Waals surface area contributed by atoms with Crippen LogP contribution in [0.2, 0.25) is 0 Å². The van der Waals surface area contributed by atoms with E-state index in [1.165, 1.54) is 12.8 Å². The van der Waals surface area contributed by atoms with E-state index in [4.69, 9.17) is 18.0 Å². The molecule has 1 aliphatic carbocycles. The summed E-state index contributed by atoms with van der Waals surface area (Å²) in [6, 6.07) is 0.285. The van der Waals surface area contributed by atoms with E-state index in [2.05, 4.69) is 19.2 Å². The molecular formula is C12H22N2OS. The third kappa shape index (κ3) is 3.74. The fraction of sp³-hybridized carbons (Fsp3) is 0.833. The maximum atomic E-state index is 11.8. The lowest BCUT2D eigenvalue weighted by atomic mass is 9.75. The van der Waals surface area contributed by atoms with Crippen LogP contribution in [0.5, 0.6) is 0 Å². The van der Waals surface area contributed by atoms with Crippen LogP contribution in [0.1, 0.15) is 46.5 Å². The lowest BCUT2D eigenvalue weighted by Crippen LogP contribution is -2.45. The molecule has 1 amide bonds. The smallest absolute Gasteiger partial charge is 0.229 e. The second kappa shape index (κ2) is 5.13. The molecule has 0 saturated heterocycles. The van der Waals surface area contributed by atoms with Crippen LogP contribution in [0.15, 0.2) is 0 Å². The predicted octanol–water partition coefficient (Wildman–Crippen LogP) is 1.99. The van der Waals surface area contributed by atoms with Crippen molar-refractivity contribution in [3.05, 3.63) is 0 Å². The Kier molecular flexibility index (Phi) is 4.30. The maximum Gasteiger partial charge on any atom is 0.229 e. The molecule has 1 aliphatic rings. The zero-order valence-corrected chi connectivity index (χ0v) is 11.2. The summed E-state index contributed by atoms with van der Waals surface area (Å²) >= 11 is 4.82. The largest absolute Gasteiger partial charge is 0.393 e. The molecule has 0 aromatic rings. The van der Waals surface area contributed by atoms with E-state index in [1.54, 1.807) is 6.92 Å². The van der Waals surface area contributed by atoms with E-state index in [0.717, 1.165) is 12.8 Å². The van der Waals surface area contributed by atoms with Crippen molar-refractivity contribution < 1.29 is 4.79 Å². The number of nitrogens with two attached hydrogens (primary N) is 1. The zero-order chi connectivity index (χ0) is 12.3. The Morgan fingerprint density at radius 2 is 2.19 bits per heavy atom. The Morgan fingerprint density at radius 1 is 1.56 bits per heavy atom. The van der Waals surface area contributed by atoms with E-state index in [9.17, 15) is 4.79 Å². The van der Waals surface area contributed by atoms with Crippen LogP contribution in [-0.2, 0) is 4.79 Å². The van der Waals surface area contributed by atoms with E-state index in [1.807, 2.05) is 0 Å². The number of carbonyl (C=O) groups is 1. The molecule has 16 heavy (non-hydrogen) atoms. The van der Waals surface area contributed by atoms with Crippen molar-refractivity contribution in [3.63, 3.8) is 0 Å². The van der Waals surface area contributed by atoms with Gasteiger partial charge in [0, 0.05) is 6.04 Å². The summed E-state index contributed by atoms with van der Waals surface area (Å²) in [6.07, 6.45) is 4.53. The van der Waals surface area contributed by atoms with Gasteiger partial charge in [-0.15, -0.1) is 0 Å². The average Bonchev–Trinajstić information content (AvgIpc) is 2.14. The Labute approximate surface area is 103 Å². The number of hydrogen-bond donors (Lipinski definition) is 2. The average molecular weight is 242 g/mol. The maximum absolute atomic E-state index is 11.8. The lowest BCUT2D eigenvalue weighted by Gasteiger charge is -2.35. The number of hydrogen-bond acceptors (Lipinski definition) is 2. The Hall–Kier alpha value is -0.640. The Bertz CT molecular complexity index is 289. The van der Waals surface area contributed by atoms with E-state index >= 15 is 0 Å². The third-order valence-corrected chi connectivity index (χ3v) is 3.73. The van der Waals surface area contributed by atoms with Crippen molar-refractivity contribution in [2.24, 2.45) is 17.1 Å². The minimum atomic E-state index is -0.361. The molecule has 2 atom stereocenters. The zero-order valence-electron chi connectivity index (χ0n) is 10.4. The van der Waals surface area contributed by atoms with Gasteiger partial charge in [0.1, 0.15) is 0 Å². The Morgan fingerprint density at radius 3 is 2.69 bits per heavy atom. The van der Waals surface area contributed by atoms with Gasteiger partial charge in [-0.3, -0.25) is 4.79 Å². The molecule has 0 spiro atoms. The van der Waals surface area contributed by atoms with Gasteiger partial charge in [-0.1, -0.05) is 32.5 Å². The summed E-state index contributed by atoms with van der Waals surface area (Å²) in [5.74, 6) is -0.393. The molecule has 3 nitrogen and oxygen atoms in total. The van der Waals surface area contributed by atoms with Crippen molar-refractivity contribution >= 4 is 23.1 Å². The highest BCUT2D eigenvalue weighted by Crippen LogP contribution is 2.35. The van der Waals surface area contributed by atoms with Crippen LogP contribution in [0.4, 0.5) is 0 Å². The minimum absolute atomic E-state index is 0.0322. The van der Waals surface area contributed by atoms with E-state index < -0.39 is 0 Å². The highest BCUT2D eigenvalue weighted by atomic mass is 32.1.